The van der Waals surface area contributed by atoms with E-state index in [1.807, 2.05) is 0 Å². The van der Waals surface area contributed by atoms with E-state index in [4.69, 9.17) is 5.41 Å². The van der Waals surface area contributed by atoms with Gasteiger partial charge < -0.3 is 16.3 Å². The third kappa shape index (κ3) is 64.8. The van der Waals surface area contributed by atoms with Crippen LogP contribution in [-0.4, -0.2) is 17.7 Å². The van der Waals surface area contributed by atoms with Gasteiger partial charge in [-0.3, -0.25) is 5.41 Å². The molecule has 0 spiro atoms. The van der Waals surface area contributed by atoms with Gasteiger partial charge in [-0.1, -0.05) is 6.08 Å². The van der Waals surface area contributed by atoms with Crippen molar-refractivity contribution in [2.45, 2.75) is 0 Å². The molecule has 0 aromatic carbocycles. The molecule has 0 unspecified atom stereocenters. The van der Waals surface area contributed by atoms with Gasteiger partial charge in [-0.05, 0) is 0 Å². The summed E-state index contributed by atoms with van der Waals surface area (Å²) in [6, 6.07) is 0. The molecule has 7 nitrogen and oxygen atoms in total. The standard InChI is InChI=1S/C3H5NO3.CH5N3/c1-2-3-7-4(5)6;2-1(3)4/h2H,1,3H2;(H5,2,3,4). The average molecular weight is 162 g/mol. The van der Waals surface area contributed by atoms with Crippen molar-refractivity contribution in [1.82, 2.24) is 0 Å². The second-order valence-corrected chi connectivity index (χ2v) is 1.26. The molecule has 0 rings (SSSR count). The SMILES string of the molecule is C=CCO[N+](=O)[O-].N=C(N)N. The minimum absolute atomic E-state index is 0.0347. The van der Waals surface area contributed by atoms with E-state index < -0.39 is 5.09 Å². The van der Waals surface area contributed by atoms with Crippen molar-refractivity contribution < 1.29 is 9.92 Å². The number of nitrogens with zero attached hydrogens (tertiary/aromatic N) is 1. The number of nitrogens with two attached hydrogens (primary N) is 2. The Balaban J connectivity index is 0. The molecule has 7 heteroatoms. The van der Waals surface area contributed by atoms with Crippen LogP contribution in [0.2, 0.25) is 0 Å². The predicted octanol–water partition coefficient (Wildman–Crippen LogP) is -0.781. The van der Waals surface area contributed by atoms with E-state index in [0.29, 0.717) is 0 Å². The first-order valence-corrected chi connectivity index (χ1v) is 2.48. The number of hydrogen-bond donors (Lipinski definition) is 3. The first kappa shape index (κ1) is 11.9. The van der Waals surface area contributed by atoms with Gasteiger partial charge in [-0.25, -0.2) is 0 Å². The molecule has 0 aliphatic heterocycles. The third-order valence-electron chi connectivity index (χ3n) is 0.298. The van der Waals surface area contributed by atoms with Gasteiger partial charge >= 0.3 is 0 Å². The summed E-state index contributed by atoms with van der Waals surface area (Å²) in [6.45, 7) is 3.17. The van der Waals surface area contributed by atoms with Crippen LogP contribution in [0, 0.1) is 15.5 Å². The molecular weight excluding hydrogens is 152 g/mol. The Morgan fingerprint density at radius 2 is 2.18 bits per heavy atom. The Hall–Kier alpha value is -1.79. The topological polar surface area (TPSA) is 128 Å². The lowest BCUT2D eigenvalue weighted by molar-refractivity contribution is -0.755. The summed E-state index contributed by atoms with van der Waals surface area (Å²) in [6.07, 6.45) is 1.31. The van der Waals surface area contributed by atoms with Crippen LogP contribution < -0.4 is 11.5 Å². The van der Waals surface area contributed by atoms with E-state index in [1.165, 1.54) is 6.08 Å². The molecule has 11 heavy (non-hydrogen) atoms. The van der Waals surface area contributed by atoms with Crippen LogP contribution in [0.1, 0.15) is 0 Å². The van der Waals surface area contributed by atoms with Crippen LogP contribution in [0.4, 0.5) is 0 Å². The maximum absolute atomic E-state index is 9.29. The van der Waals surface area contributed by atoms with Crippen LogP contribution in [0.3, 0.4) is 0 Å². The van der Waals surface area contributed by atoms with Gasteiger partial charge in [0.05, 0.1) is 0 Å². The fourth-order valence-electron chi connectivity index (χ4n) is 0.114. The summed E-state index contributed by atoms with van der Waals surface area (Å²) in [5, 5.41) is 14.5. The van der Waals surface area contributed by atoms with Gasteiger partial charge in [-0.15, -0.1) is 16.7 Å². The maximum Gasteiger partial charge on any atom is 0.294 e. The summed E-state index contributed by atoms with van der Waals surface area (Å²) < 4.78 is 0. The summed E-state index contributed by atoms with van der Waals surface area (Å²) in [5.74, 6) is -0.333. The summed E-state index contributed by atoms with van der Waals surface area (Å²) in [4.78, 5) is 13.1. The normalized spacial score (nSPS) is 6.91. The van der Waals surface area contributed by atoms with Gasteiger partial charge in [-0.2, -0.15) is 0 Å². The van der Waals surface area contributed by atoms with E-state index >= 15 is 0 Å². The molecule has 0 bridgehead atoms. The lowest BCUT2D eigenvalue weighted by atomic mass is 10.7. The quantitative estimate of drug-likeness (QED) is 0.165. The highest BCUT2D eigenvalue weighted by molar-refractivity contribution is 5.71. The average Bonchev–Trinajstić information content (AvgIpc) is 1.82. The van der Waals surface area contributed by atoms with Gasteiger partial charge in [0.25, 0.3) is 5.09 Å². The van der Waals surface area contributed by atoms with Crippen molar-refractivity contribution in [3.05, 3.63) is 22.8 Å². The van der Waals surface area contributed by atoms with E-state index in [1.54, 1.807) is 0 Å². The van der Waals surface area contributed by atoms with Crippen LogP contribution in [0.5, 0.6) is 0 Å². The third-order valence-corrected chi connectivity index (χ3v) is 0.298. The zero-order valence-electron chi connectivity index (χ0n) is 5.82. The molecule has 5 N–H and O–H groups in total. The molecule has 0 aromatic heterocycles. The molecular formula is C4H10N4O3. The maximum atomic E-state index is 9.29. The number of nitrogens with one attached hydrogen (secondary N) is 1. The number of rotatable bonds is 3. The van der Waals surface area contributed by atoms with Gasteiger partial charge in [0.15, 0.2) is 5.96 Å². The number of hydrogen-bond acceptors (Lipinski definition) is 4. The molecule has 0 heterocycles. The van der Waals surface area contributed by atoms with E-state index in [0.717, 1.165) is 0 Å². The highest BCUT2D eigenvalue weighted by Crippen LogP contribution is 1.71. The van der Waals surface area contributed by atoms with Crippen molar-refractivity contribution in [3.8, 4) is 0 Å². The Labute approximate surface area is 63.2 Å². The minimum Gasteiger partial charge on any atom is -0.370 e. The summed E-state index contributed by atoms with van der Waals surface area (Å²) >= 11 is 0. The van der Waals surface area contributed by atoms with Crippen molar-refractivity contribution in [1.29, 1.82) is 5.41 Å². The molecule has 64 valence electrons. The zero-order valence-corrected chi connectivity index (χ0v) is 5.82. The van der Waals surface area contributed by atoms with Crippen LogP contribution in [0.25, 0.3) is 0 Å². The highest BCUT2D eigenvalue weighted by atomic mass is 16.9. The Morgan fingerprint density at radius 1 is 1.82 bits per heavy atom. The molecule has 0 amide bonds. The van der Waals surface area contributed by atoms with Gasteiger partial charge in [0.1, 0.15) is 6.61 Å². The second kappa shape index (κ2) is 8.21. The van der Waals surface area contributed by atoms with Crippen LogP contribution >= 0.6 is 0 Å². The fraction of sp³-hybridized carbons (Fsp3) is 0.250. The second-order valence-electron chi connectivity index (χ2n) is 1.26. The Bertz CT molecular complexity index is 142. The van der Waals surface area contributed by atoms with Crippen molar-refractivity contribution >= 4 is 5.96 Å². The summed E-state index contributed by atoms with van der Waals surface area (Å²) in [5.41, 5.74) is 8.94. The molecule has 0 aromatic rings. The van der Waals surface area contributed by atoms with Crippen LogP contribution in [0.15, 0.2) is 12.7 Å². The molecule has 0 radical (unpaired) electrons. The number of guanidine groups is 1. The van der Waals surface area contributed by atoms with Gasteiger partial charge in [0, 0.05) is 0 Å². The van der Waals surface area contributed by atoms with E-state index in [-0.39, 0.29) is 12.6 Å². The zero-order chi connectivity index (χ0) is 9.28. The summed E-state index contributed by atoms with van der Waals surface area (Å²) in [7, 11) is 0. The molecule has 0 aliphatic rings. The van der Waals surface area contributed by atoms with Crippen molar-refractivity contribution in [3.63, 3.8) is 0 Å². The molecule has 0 saturated heterocycles. The predicted molar refractivity (Wildman–Crippen MR) is 39.2 cm³/mol. The highest BCUT2D eigenvalue weighted by Gasteiger charge is 1.85. The van der Waals surface area contributed by atoms with E-state index in [2.05, 4.69) is 22.9 Å². The first-order chi connectivity index (χ1) is 5.00. The fourth-order valence-corrected chi connectivity index (χ4v) is 0.114. The Kier molecular flexibility index (Phi) is 8.91. The lowest BCUT2D eigenvalue weighted by Crippen LogP contribution is -2.20. The molecule has 0 saturated carbocycles. The largest absolute Gasteiger partial charge is 0.370 e. The monoisotopic (exact) mass is 162 g/mol. The van der Waals surface area contributed by atoms with Crippen LogP contribution in [-0.2, 0) is 4.84 Å². The van der Waals surface area contributed by atoms with Crippen molar-refractivity contribution in [2.24, 2.45) is 11.5 Å². The molecule has 0 aliphatic carbocycles. The molecule has 0 atom stereocenters. The first-order valence-electron chi connectivity index (χ1n) is 2.48. The Morgan fingerprint density at radius 3 is 2.27 bits per heavy atom. The van der Waals surface area contributed by atoms with E-state index in [9.17, 15) is 10.1 Å². The minimum atomic E-state index is -0.859. The lowest BCUT2D eigenvalue weighted by Gasteiger charge is -1.85. The van der Waals surface area contributed by atoms with Gasteiger partial charge in [0.2, 0.25) is 0 Å². The molecule has 0 fully saturated rings. The smallest absolute Gasteiger partial charge is 0.294 e. The van der Waals surface area contributed by atoms with Crippen molar-refractivity contribution in [2.75, 3.05) is 6.61 Å².